The molecule has 0 saturated heterocycles. The van der Waals surface area contributed by atoms with Crippen molar-refractivity contribution in [2.45, 2.75) is 26.1 Å². The number of aromatic carboxylic acids is 1. The predicted octanol–water partition coefficient (Wildman–Crippen LogP) is 0.838. The lowest BCUT2D eigenvalue weighted by Gasteiger charge is -2.22. The Morgan fingerprint density at radius 3 is 2.80 bits per heavy atom. The summed E-state index contributed by atoms with van der Waals surface area (Å²) in [7, 11) is 0. The number of carbonyl (C=O) groups excluding carboxylic acids is 1. The zero-order valence-corrected chi connectivity index (χ0v) is 11.2. The number of fused-ring (bicyclic) bond motifs is 1. The molecular weight excluding hydrogens is 256 g/mol. The fourth-order valence-corrected chi connectivity index (χ4v) is 2.28. The maximum Gasteiger partial charge on any atom is 0.335 e. The Bertz CT molecular complexity index is 589. The Morgan fingerprint density at radius 2 is 2.15 bits per heavy atom. The molecule has 0 saturated carbocycles. The number of carbonyl (C=O) groups is 2. The number of hydrogen-bond donors (Lipinski definition) is 2. The molecule has 1 aromatic rings. The highest BCUT2D eigenvalue weighted by Crippen LogP contribution is 2.25. The van der Waals surface area contributed by atoms with Gasteiger partial charge in [0.1, 0.15) is 0 Å². The van der Waals surface area contributed by atoms with Gasteiger partial charge in [0.25, 0.3) is 0 Å². The van der Waals surface area contributed by atoms with Gasteiger partial charge in [0.2, 0.25) is 5.91 Å². The van der Waals surface area contributed by atoms with Crippen LogP contribution in [0.1, 0.15) is 28.4 Å². The van der Waals surface area contributed by atoms with Crippen LogP contribution in [-0.4, -0.2) is 34.5 Å². The van der Waals surface area contributed by atoms with Crippen molar-refractivity contribution in [1.82, 2.24) is 10.2 Å². The summed E-state index contributed by atoms with van der Waals surface area (Å²) < 4.78 is 0. The van der Waals surface area contributed by atoms with E-state index in [9.17, 15) is 9.59 Å². The lowest BCUT2D eigenvalue weighted by Crippen LogP contribution is -2.42. The second kappa shape index (κ2) is 5.76. The van der Waals surface area contributed by atoms with E-state index in [0.29, 0.717) is 13.1 Å². The summed E-state index contributed by atoms with van der Waals surface area (Å²) in [6.45, 7) is 3.24. The van der Waals surface area contributed by atoms with E-state index in [2.05, 4.69) is 11.2 Å². The van der Waals surface area contributed by atoms with Crippen LogP contribution in [0.25, 0.3) is 0 Å². The molecule has 5 nitrogen and oxygen atoms in total. The van der Waals surface area contributed by atoms with Crippen molar-refractivity contribution < 1.29 is 14.7 Å². The Hall–Kier alpha value is -2.32. The molecule has 1 heterocycles. The van der Waals surface area contributed by atoms with Crippen LogP contribution < -0.4 is 5.32 Å². The van der Waals surface area contributed by atoms with E-state index in [1.54, 1.807) is 12.1 Å². The Kier molecular flexibility index (Phi) is 4.06. The third-order valence-electron chi connectivity index (χ3n) is 3.49. The van der Waals surface area contributed by atoms with E-state index in [1.807, 2.05) is 17.9 Å². The zero-order chi connectivity index (χ0) is 14.7. The second-order valence-corrected chi connectivity index (χ2v) is 4.79. The highest BCUT2D eigenvalue weighted by atomic mass is 16.4. The molecule has 2 rings (SSSR count). The molecule has 0 aromatic heterocycles. The number of hydrogen-bond acceptors (Lipinski definition) is 3. The van der Waals surface area contributed by atoms with Gasteiger partial charge in [-0.2, -0.15) is 0 Å². The molecule has 1 atom stereocenters. The molecule has 1 aliphatic rings. The molecule has 0 spiro atoms. The smallest absolute Gasteiger partial charge is 0.335 e. The van der Waals surface area contributed by atoms with Crippen molar-refractivity contribution in [3.8, 4) is 12.3 Å². The van der Waals surface area contributed by atoms with E-state index >= 15 is 0 Å². The normalized spacial score (nSPS) is 15.2. The highest BCUT2D eigenvalue weighted by molar-refractivity contribution is 5.88. The first-order valence-electron chi connectivity index (χ1n) is 6.33. The largest absolute Gasteiger partial charge is 0.478 e. The van der Waals surface area contributed by atoms with Gasteiger partial charge in [-0.1, -0.05) is 12.0 Å². The van der Waals surface area contributed by atoms with E-state index < -0.39 is 5.97 Å². The van der Waals surface area contributed by atoms with Crippen molar-refractivity contribution in [2.75, 3.05) is 6.54 Å². The molecule has 20 heavy (non-hydrogen) atoms. The fourth-order valence-electron chi connectivity index (χ4n) is 2.28. The van der Waals surface area contributed by atoms with Crippen molar-refractivity contribution in [1.29, 1.82) is 0 Å². The average molecular weight is 272 g/mol. The van der Waals surface area contributed by atoms with Gasteiger partial charge in [0.15, 0.2) is 0 Å². The maximum absolute atomic E-state index is 11.9. The lowest BCUT2D eigenvalue weighted by atomic mass is 10.1. The Morgan fingerprint density at radius 1 is 1.45 bits per heavy atom. The fraction of sp³-hybridized carbons (Fsp3) is 0.333. The average Bonchev–Trinajstić information content (AvgIpc) is 2.86. The molecule has 0 aliphatic carbocycles. The minimum atomic E-state index is -0.939. The van der Waals surface area contributed by atoms with E-state index in [4.69, 9.17) is 11.5 Å². The molecule has 5 heteroatoms. The summed E-state index contributed by atoms with van der Waals surface area (Å²) in [5, 5.41) is 11.6. The van der Waals surface area contributed by atoms with Gasteiger partial charge in [-0.05, 0) is 30.2 Å². The number of amides is 1. The first-order valence-corrected chi connectivity index (χ1v) is 6.33. The second-order valence-electron chi connectivity index (χ2n) is 4.79. The summed E-state index contributed by atoms with van der Waals surface area (Å²) in [5.74, 6) is 1.31. The van der Waals surface area contributed by atoms with Crippen LogP contribution in [-0.2, 0) is 17.9 Å². The van der Waals surface area contributed by atoms with Crippen LogP contribution in [0.5, 0.6) is 0 Å². The molecule has 1 amide bonds. The molecular formula is C15H16N2O3. The van der Waals surface area contributed by atoms with Gasteiger partial charge >= 0.3 is 5.97 Å². The molecule has 0 fully saturated rings. The van der Waals surface area contributed by atoms with Crippen LogP contribution in [0.2, 0.25) is 0 Å². The van der Waals surface area contributed by atoms with Crippen molar-refractivity contribution in [3.05, 3.63) is 34.9 Å². The molecule has 0 bridgehead atoms. The summed E-state index contributed by atoms with van der Waals surface area (Å²) in [4.78, 5) is 24.8. The van der Waals surface area contributed by atoms with Gasteiger partial charge in [0.05, 0.1) is 18.2 Å². The monoisotopic (exact) mass is 272 g/mol. The number of rotatable bonds is 4. The van der Waals surface area contributed by atoms with Crippen LogP contribution >= 0.6 is 0 Å². The van der Waals surface area contributed by atoms with Crippen LogP contribution in [0.4, 0.5) is 0 Å². The molecule has 1 unspecified atom stereocenters. The van der Waals surface area contributed by atoms with Crippen LogP contribution in [0, 0.1) is 12.3 Å². The number of nitrogens with zero attached hydrogens (tertiary/aromatic N) is 1. The van der Waals surface area contributed by atoms with Gasteiger partial charge in [-0.15, -0.1) is 6.42 Å². The minimum Gasteiger partial charge on any atom is -0.478 e. The molecule has 104 valence electrons. The topological polar surface area (TPSA) is 69.6 Å². The van der Waals surface area contributed by atoms with E-state index in [1.165, 1.54) is 0 Å². The predicted molar refractivity (Wildman–Crippen MR) is 74.0 cm³/mol. The first-order chi connectivity index (χ1) is 9.52. The summed E-state index contributed by atoms with van der Waals surface area (Å²) in [6.07, 6.45) is 5.11. The molecule has 1 aliphatic heterocycles. The minimum absolute atomic E-state index is 0.116. The summed E-state index contributed by atoms with van der Waals surface area (Å²) in [5.41, 5.74) is 2.29. The first kappa shape index (κ1) is 14.1. The van der Waals surface area contributed by atoms with Crippen molar-refractivity contribution in [2.24, 2.45) is 0 Å². The zero-order valence-electron chi connectivity index (χ0n) is 11.2. The van der Waals surface area contributed by atoms with E-state index in [0.717, 1.165) is 11.1 Å². The van der Waals surface area contributed by atoms with E-state index in [-0.39, 0.29) is 24.1 Å². The number of carboxylic acids is 1. The van der Waals surface area contributed by atoms with Crippen LogP contribution in [0.3, 0.4) is 0 Å². The standard InChI is InChI=1S/C15H16N2O3/c1-3-6-16-14(18)10(2)17-8-12-5-4-11(15(19)20)7-13(12)9-17/h1,4-5,7,10H,6,8-9H2,2H3,(H,16,18)(H,19,20). The maximum atomic E-state index is 11.9. The SMILES string of the molecule is C#CCNC(=O)C(C)N1Cc2ccc(C(=O)O)cc2C1. The molecule has 1 aromatic carbocycles. The third kappa shape index (κ3) is 2.81. The molecule has 2 N–H and O–H groups in total. The number of nitrogens with one attached hydrogen (secondary N) is 1. The molecule has 0 radical (unpaired) electrons. The Labute approximate surface area is 117 Å². The number of terminal acetylenes is 1. The van der Waals surface area contributed by atoms with Gasteiger partial charge in [-0.25, -0.2) is 4.79 Å². The summed E-state index contributed by atoms with van der Waals surface area (Å²) >= 11 is 0. The quantitative estimate of drug-likeness (QED) is 0.797. The van der Waals surface area contributed by atoms with Crippen molar-refractivity contribution in [3.63, 3.8) is 0 Å². The lowest BCUT2D eigenvalue weighted by molar-refractivity contribution is -0.125. The van der Waals surface area contributed by atoms with Gasteiger partial charge in [-0.3, -0.25) is 9.69 Å². The van der Waals surface area contributed by atoms with Crippen LogP contribution in [0.15, 0.2) is 18.2 Å². The number of carboxylic acid groups (broad SMARTS) is 1. The summed E-state index contributed by atoms with van der Waals surface area (Å²) in [6, 6.07) is 4.77. The Balaban J connectivity index is 2.07. The number of benzene rings is 1. The van der Waals surface area contributed by atoms with Gasteiger partial charge in [0, 0.05) is 13.1 Å². The van der Waals surface area contributed by atoms with Crippen molar-refractivity contribution >= 4 is 11.9 Å². The van der Waals surface area contributed by atoms with Gasteiger partial charge < -0.3 is 10.4 Å². The highest BCUT2D eigenvalue weighted by Gasteiger charge is 2.27. The third-order valence-corrected chi connectivity index (χ3v) is 3.49.